The third kappa shape index (κ3) is 1.99. The Kier molecular flexibility index (Phi) is 3.22. The Bertz CT molecular complexity index is 545. The standard InChI is InChI=1S/C17H21NO2/c1-13-3-4-15(19-2)14(9-13)17(12-18)10-16(11-17)5-7-20-8-6-16/h3-4,9H,5-8,10-11H2,1-2H3. The molecule has 0 amide bonds. The van der Waals surface area contributed by atoms with Crippen molar-refractivity contribution in [3.63, 3.8) is 0 Å². The summed E-state index contributed by atoms with van der Waals surface area (Å²) in [6, 6.07) is 8.73. The summed E-state index contributed by atoms with van der Waals surface area (Å²) in [6.45, 7) is 3.75. The first-order valence-electron chi connectivity index (χ1n) is 7.27. The maximum absolute atomic E-state index is 9.78. The number of ether oxygens (including phenoxy) is 2. The van der Waals surface area contributed by atoms with E-state index in [1.807, 2.05) is 12.1 Å². The van der Waals surface area contributed by atoms with Gasteiger partial charge >= 0.3 is 0 Å². The third-order valence-corrected chi connectivity index (χ3v) is 4.99. The monoisotopic (exact) mass is 271 g/mol. The first-order chi connectivity index (χ1) is 9.63. The van der Waals surface area contributed by atoms with E-state index in [1.54, 1.807) is 7.11 Å². The second kappa shape index (κ2) is 4.79. The predicted octanol–water partition coefficient (Wildman–Crippen LogP) is 3.36. The van der Waals surface area contributed by atoms with E-state index in [9.17, 15) is 5.26 Å². The number of rotatable bonds is 2. The number of hydrogen-bond acceptors (Lipinski definition) is 3. The molecule has 20 heavy (non-hydrogen) atoms. The van der Waals surface area contributed by atoms with Crippen LogP contribution in [0.25, 0.3) is 0 Å². The van der Waals surface area contributed by atoms with Gasteiger partial charge in [0.05, 0.1) is 18.6 Å². The Morgan fingerprint density at radius 1 is 1.25 bits per heavy atom. The zero-order valence-electron chi connectivity index (χ0n) is 12.2. The molecule has 1 aromatic rings. The van der Waals surface area contributed by atoms with Crippen molar-refractivity contribution >= 4 is 0 Å². The van der Waals surface area contributed by atoms with Gasteiger partial charge < -0.3 is 9.47 Å². The van der Waals surface area contributed by atoms with Crippen LogP contribution in [0.1, 0.15) is 36.8 Å². The lowest BCUT2D eigenvalue weighted by atomic mass is 9.48. The summed E-state index contributed by atoms with van der Waals surface area (Å²) in [5.41, 5.74) is 2.21. The fourth-order valence-electron chi connectivity index (χ4n) is 3.91. The molecule has 0 N–H and O–H groups in total. The first-order valence-corrected chi connectivity index (χ1v) is 7.27. The number of nitrogens with zero attached hydrogens (tertiary/aromatic N) is 1. The molecule has 1 spiro atoms. The molecule has 1 aliphatic heterocycles. The number of methoxy groups -OCH3 is 1. The lowest BCUT2D eigenvalue weighted by molar-refractivity contribution is -0.0582. The molecule has 1 saturated carbocycles. The molecule has 1 heterocycles. The van der Waals surface area contributed by atoms with Crippen molar-refractivity contribution in [3.8, 4) is 11.8 Å². The molecule has 0 atom stereocenters. The van der Waals surface area contributed by atoms with E-state index in [4.69, 9.17) is 9.47 Å². The van der Waals surface area contributed by atoms with Crippen molar-refractivity contribution in [1.29, 1.82) is 5.26 Å². The molecular weight excluding hydrogens is 250 g/mol. The van der Waals surface area contributed by atoms with Crippen LogP contribution in [0.5, 0.6) is 5.75 Å². The molecule has 1 aliphatic carbocycles. The molecule has 0 aromatic heterocycles. The number of benzene rings is 1. The Morgan fingerprint density at radius 3 is 2.55 bits per heavy atom. The quantitative estimate of drug-likeness (QED) is 0.828. The van der Waals surface area contributed by atoms with Crippen LogP contribution in [0.3, 0.4) is 0 Å². The maximum Gasteiger partial charge on any atom is 0.123 e. The van der Waals surface area contributed by atoms with Gasteiger partial charge in [-0.25, -0.2) is 0 Å². The van der Waals surface area contributed by atoms with Crippen molar-refractivity contribution < 1.29 is 9.47 Å². The SMILES string of the molecule is COc1ccc(C)cc1C1(C#N)CC2(CCOCC2)C1. The lowest BCUT2D eigenvalue weighted by Gasteiger charge is -2.55. The molecule has 1 aromatic carbocycles. The minimum absolute atomic E-state index is 0.322. The van der Waals surface area contributed by atoms with E-state index < -0.39 is 0 Å². The molecule has 2 aliphatic rings. The predicted molar refractivity (Wildman–Crippen MR) is 76.7 cm³/mol. The van der Waals surface area contributed by atoms with Crippen LogP contribution in [-0.4, -0.2) is 20.3 Å². The zero-order chi connectivity index (χ0) is 14.2. The van der Waals surface area contributed by atoms with E-state index in [0.717, 1.165) is 50.2 Å². The van der Waals surface area contributed by atoms with Crippen molar-refractivity contribution in [2.75, 3.05) is 20.3 Å². The fourth-order valence-corrected chi connectivity index (χ4v) is 3.91. The molecular formula is C17H21NO2. The van der Waals surface area contributed by atoms with Gasteiger partial charge in [0.15, 0.2) is 0 Å². The normalized spacial score (nSPS) is 22.9. The molecule has 0 radical (unpaired) electrons. The molecule has 3 rings (SSSR count). The van der Waals surface area contributed by atoms with Crippen LogP contribution in [-0.2, 0) is 10.2 Å². The van der Waals surface area contributed by atoms with E-state index in [0.29, 0.717) is 5.41 Å². The zero-order valence-corrected chi connectivity index (χ0v) is 12.2. The topological polar surface area (TPSA) is 42.2 Å². The van der Waals surface area contributed by atoms with Gasteiger partial charge in [0.2, 0.25) is 0 Å². The molecule has 2 fully saturated rings. The largest absolute Gasteiger partial charge is 0.496 e. The van der Waals surface area contributed by atoms with Gasteiger partial charge in [-0.2, -0.15) is 5.26 Å². The van der Waals surface area contributed by atoms with Gasteiger partial charge in [0, 0.05) is 18.8 Å². The summed E-state index contributed by atoms with van der Waals surface area (Å²) < 4.78 is 10.9. The lowest BCUT2D eigenvalue weighted by Crippen LogP contribution is -2.51. The van der Waals surface area contributed by atoms with Crippen LogP contribution in [0.4, 0.5) is 0 Å². The smallest absolute Gasteiger partial charge is 0.123 e. The number of aryl methyl sites for hydroxylation is 1. The Morgan fingerprint density at radius 2 is 1.95 bits per heavy atom. The molecule has 1 saturated heterocycles. The Hall–Kier alpha value is -1.53. The maximum atomic E-state index is 9.78. The van der Waals surface area contributed by atoms with Gasteiger partial charge in [0.25, 0.3) is 0 Å². The summed E-state index contributed by atoms with van der Waals surface area (Å²) in [7, 11) is 1.68. The fraction of sp³-hybridized carbons (Fsp3) is 0.588. The van der Waals surface area contributed by atoms with Crippen LogP contribution >= 0.6 is 0 Å². The van der Waals surface area contributed by atoms with E-state index in [1.165, 1.54) is 5.56 Å². The van der Waals surface area contributed by atoms with Crippen molar-refractivity contribution in [2.45, 2.75) is 38.0 Å². The van der Waals surface area contributed by atoms with E-state index in [2.05, 4.69) is 19.1 Å². The third-order valence-electron chi connectivity index (χ3n) is 4.99. The molecule has 3 heteroatoms. The Balaban J connectivity index is 1.92. The summed E-state index contributed by atoms with van der Waals surface area (Å²) >= 11 is 0. The second-order valence-electron chi connectivity index (χ2n) is 6.36. The highest BCUT2D eigenvalue weighted by atomic mass is 16.5. The van der Waals surface area contributed by atoms with Crippen molar-refractivity contribution in [3.05, 3.63) is 29.3 Å². The van der Waals surface area contributed by atoms with E-state index >= 15 is 0 Å². The molecule has 106 valence electrons. The minimum atomic E-state index is -0.366. The minimum Gasteiger partial charge on any atom is -0.496 e. The number of nitriles is 1. The summed E-state index contributed by atoms with van der Waals surface area (Å²) in [5, 5.41) is 9.78. The summed E-state index contributed by atoms with van der Waals surface area (Å²) in [5.74, 6) is 0.846. The van der Waals surface area contributed by atoms with Crippen LogP contribution in [0.15, 0.2) is 18.2 Å². The highest BCUT2D eigenvalue weighted by molar-refractivity contribution is 5.48. The van der Waals surface area contributed by atoms with Gasteiger partial charge in [-0.3, -0.25) is 0 Å². The highest BCUT2D eigenvalue weighted by Crippen LogP contribution is 2.61. The van der Waals surface area contributed by atoms with Crippen molar-refractivity contribution in [1.82, 2.24) is 0 Å². The average molecular weight is 271 g/mol. The summed E-state index contributed by atoms with van der Waals surface area (Å²) in [4.78, 5) is 0. The average Bonchev–Trinajstić information content (AvgIpc) is 2.45. The van der Waals surface area contributed by atoms with Gasteiger partial charge in [0.1, 0.15) is 5.75 Å². The first kappa shape index (κ1) is 13.5. The molecule has 0 unspecified atom stereocenters. The van der Waals surface area contributed by atoms with Crippen molar-refractivity contribution in [2.24, 2.45) is 5.41 Å². The van der Waals surface area contributed by atoms with Crippen LogP contribution in [0.2, 0.25) is 0 Å². The molecule has 3 nitrogen and oxygen atoms in total. The highest BCUT2D eigenvalue weighted by Gasteiger charge is 2.56. The second-order valence-corrected chi connectivity index (χ2v) is 6.36. The number of hydrogen-bond donors (Lipinski definition) is 0. The van der Waals surface area contributed by atoms with Gasteiger partial charge in [-0.1, -0.05) is 17.7 Å². The van der Waals surface area contributed by atoms with E-state index in [-0.39, 0.29) is 5.41 Å². The summed E-state index contributed by atoms with van der Waals surface area (Å²) in [6.07, 6.45) is 4.06. The van der Waals surface area contributed by atoms with Crippen LogP contribution in [0, 0.1) is 23.7 Å². The van der Waals surface area contributed by atoms with Gasteiger partial charge in [-0.05, 0) is 44.1 Å². The van der Waals surface area contributed by atoms with Crippen LogP contribution < -0.4 is 4.74 Å². The Labute approximate surface area is 120 Å². The molecule has 0 bridgehead atoms. The van der Waals surface area contributed by atoms with Gasteiger partial charge in [-0.15, -0.1) is 0 Å².